The van der Waals surface area contributed by atoms with Gasteiger partial charge in [0.1, 0.15) is 5.75 Å². The summed E-state index contributed by atoms with van der Waals surface area (Å²) in [6, 6.07) is 9.96. The van der Waals surface area contributed by atoms with Gasteiger partial charge in [0.05, 0.1) is 18.4 Å². The Hall–Kier alpha value is -2.56. The second-order valence-electron chi connectivity index (χ2n) is 6.97. The number of pyridine rings is 1. The first kappa shape index (κ1) is 18.2. The third kappa shape index (κ3) is 4.75. The van der Waals surface area contributed by atoms with Gasteiger partial charge in [0, 0.05) is 32.0 Å². The summed E-state index contributed by atoms with van der Waals surface area (Å²) in [4.78, 5) is 18.8. The van der Waals surface area contributed by atoms with E-state index < -0.39 is 0 Å². The van der Waals surface area contributed by atoms with Crippen molar-refractivity contribution in [3.63, 3.8) is 0 Å². The molecule has 0 bridgehead atoms. The maximum absolute atomic E-state index is 12.7. The molecule has 2 heterocycles. The molecule has 138 valence electrons. The molecule has 0 atom stereocenters. The van der Waals surface area contributed by atoms with Crippen LogP contribution < -0.4 is 10.1 Å². The molecule has 1 amide bonds. The number of carbonyl (C=O) groups is 1. The summed E-state index contributed by atoms with van der Waals surface area (Å²) in [7, 11) is 1.68. The standard InChI is InChI=1S/C21H27N3O2/c1-16-7-10-24(11-8-16)21(25)18-13-19(15-22-14-18)23-9-6-17-4-3-5-20(12-17)26-2/h3-5,12-16,23H,6-11H2,1-2H3. The third-order valence-corrected chi connectivity index (χ3v) is 4.93. The Bertz CT molecular complexity index is 740. The first-order valence-corrected chi connectivity index (χ1v) is 9.27. The smallest absolute Gasteiger partial charge is 0.255 e. The lowest BCUT2D eigenvalue weighted by Gasteiger charge is -2.30. The van der Waals surface area contributed by atoms with Crippen molar-refractivity contribution in [2.24, 2.45) is 5.92 Å². The molecule has 1 aliphatic heterocycles. The summed E-state index contributed by atoms with van der Waals surface area (Å²) in [6.45, 7) is 4.70. The molecular formula is C21H27N3O2. The number of likely N-dealkylation sites (tertiary alicyclic amines) is 1. The second kappa shape index (κ2) is 8.70. The SMILES string of the molecule is COc1cccc(CCNc2cncc(C(=O)N3CCC(C)CC3)c2)c1. The summed E-state index contributed by atoms with van der Waals surface area (Å²) >= 11 is 0. The van der Waals surface area contributed by atoms with E-state index >= 15 is 0 Å². The molecule has 1 saturated heterocycles. The van der Waals surface area contributed by atoms with E-state index in [2.05, 4.69) is 23.3 Å². The van der Waals surface area contributed by atoms with E-state index in [-0.39, 0.29) is 5.91 Å². The van der Waals surface area contributed by atoms with Gasteiger partial charge < -0.3 is 15.0 Å². The summed E-state index contributed by atoms with van der Waals surface area (Å²) < 4.78 is 5.25. The fraction of sp³-hybridized carbons (Fsp3) is 0.429. The van der Waals surface area contributed by atoms with Crippen molar-refractivity contribution in [3.05, 3.63) is 53.9 Å². The lowest BCUT2D eigenvalue weighted by atomic mass is 9.99. The zero-order valence-corrected chi connectivity index (χ0v) is 15.6. The van der Waals surface area contributed by atoms with Crippen LogP contribution in [-0.2, 0) is 6.42 Å². The Kier molecular flexibility index (Phi) is 6.10. The van der Waals surface area contributed by atoms with Gasteiger partial charge in [-0.05, 0) is 48.9 Å². The Morgan fingerprint density at radius 1 is 1.27 bits per heavy atom. The fourth-order valence-corrected chi connectivity index (χ4v) is 3.23. The van der Waals surface area contributed by atoms with E-state index in [4.69, 9.17) is 4.74 Å². The van der Waals surface area contributed by atoms with E-state index in [0.29, 0.717) is 11.5 Å². The summed E-state index contributed by atoms with van der Waals surface area (Å²) in [5.74, 6) is 1.66. The van der Waals surface area contributed by atoms with Crippen molar-refractivity contribution in [1.82, 2.24) is 9.88 Å². The van der Waals surface area contributed by atoms with Crippen LogP contribution in [0.2, 0.25) is 0 Å². The molecule has 1 aromatic heterocycles. The van der Waals surface area contributed by atoms with Gasteiger partial charge in [0.2, 0.25) is 0 Å². The average Bonchev–Trinajstić information content (AvgIpc) is 2.68. The van der Waals surface area contributed by atoms with Gasteiger partial charge in [-0.1, -0.05) is 19.1 Å². The minimum Gasteiger partial charge on any atom is -0.497 e. The maximum Gasteiger partial charge on any atom is 0.255 e. The fourth-order valence-electron chi connectivity index (χ4n) is 3.23. The molecule has 1 fully saturated rings. The number of nitrogens with zero attached hydrogens (tertiary/aromatic N) is 2. The van der Waals surface area contributed by atoms with E-state index in [0.717, 1.165) is 50.3 Å². The maximum atomic E-state index is 12.7. The van der Waals surface area contributed by atoms with Crippen LogP contribution in [0, 0.1) is 5.92 Å². The van der Waals surface area contributed by atoms with Crippen LogP contribution in [-0.4, -0.2) is 42.5 Å². The third-order valence-electron chi connectivity index (χ3n) is 4.93. The number of methoxy groups -OCH3 is 1. The molecule has 0 radical (unpaired) electrons. The molecule has 1 N–H and O–H groups in total. The van der Waals surface area contributed by atoms with Crippen molar-refractivity contribution < 1.29 is 9.53 Å². The van der Waals surface area contributed by atoms with Crippen molar-refractivity contribution in [2.75, 3.05) is 32.1 Å². The largest absolute Gasteiger partial charge is 0.497 e. The van der Waals surface area contributed by atoms with E-state index in [9.17, 15) is 4.79 Å². The molecular weight excluding hydrogens is 326 g/mol. The Balaban J connectivity index is 1.56. The van der Waals surface area contributed by atoms with Crippen LogP contribution >= 0.6 is 0 Å². The monoisotopic (exact) mass is 353 g/mol. The predicted octanol–water partition coefficient (Wildman–Crippen LogP) is 3.62. The molecule has 0 saturated carbocycles. The van der Waals surface area contributed by atoms with Gasteiger partial charge in [-0.15, -0.1) is 0 Å². The van der Waals surface area contributed by atoms with Gasteiger partial charge in [-0.2, -0.15) is 0 Å². The highest BCUT2D eigenvalue weighted by Gasteiger charge is 2.21. The Morgan fingerprint density at radius 3 is 2.85 bits per heavy atom. The number of hydrogen-bond acceptors (Lipinski definition) is 4. The number of piperidine rings is 1. The van der Waals surface area contributed by atoms with Crippen LogP contribution in [0.5, 0.6) is 5.75 Å². The number of carbonyl (C=O) groups excluding carboxylic acids is 1. The number of amides is 1. The molecule has 0 spiro atoms. The van der Waals surface area contributed by atoms with Crippen LogP contribution in [0.15, 0.2) is 42.7 Å². The van der Waals surface area contributed by atoms with E-state index in [1.54, 1.807) is 19.5 Å². The summed E-state index contributed by atoms with van der Waals surface area (Å²) in [5, 5.41) is 3.36. The number of rotatable bonds is 6. The van der Waals surface area contributed by atoms with Gasteiger partial charge in [-0.3, -0.25) is 9.78 Å². The lowest BCUT2D eigenvalue weighted by molar-refractivity contribution is 0.0697. The molecule has 2 aromatic rings. The molecule has 1 aliphatic rings. The minimum absolute atomic E-state index is 0.0841. The molecule has 1 aromatic carbocycles. The lowest BCUT2D eigenvalue weighted by Crippen LogP contribution is -2.37. The van der Waals surface area contributed by atoms with E-state index in [1.807, 2.05) is 29.2 Å². The first-order chi connectivity index (χ1) is 12.7. The number of benzene rings is 1. The molecule has 0 aliphatic carbocycles. The van der Waals surface area contributed by atoms with Crippen LogP contribution in [0.3, 0.4) is 0 Å². The Morgan fingerprint density at radius 2 is 2.08 bits per heavy atom. The van der Waals surface area contributed by atoms with E-state index in [1.165, 1.54) is 5.56 Å². The first-order valence-electron chi connectivity index (χ1n) is 9.27. The van der Waals surface area contributed by atoms with Crippen LogP contribution in [0.25, 0.3) is 0 Å². The van der Waals surface area contributed by atoms with Crippen molar-refractivity contribution >= 4 is 11.6 Å². The van der Waals surface area contributed by atoms with Crippen molar-refractivity contribution in [3.8, 4) is 5.75 Å². The molecule has 5 heteroatoms. The van der Waals surface area contributed by atoms with Gasteiger partial charge >= 0.3 is 0 Å². The summed E-state index contributed by atoms with van der Waals surface area (Å²) in [6.07, 6.45) is 6.46. The molecule has 3 rings (SSSR count). The normalized spacial score (nSPS) is 14.9. The van der Waals surface area contributed by atoms with Crippen LogP contribution in [0.4, 0.5) is 5.69 Å². The minimum atomic E-state index is 0.0841. The zero-order chi connectivity index (χ0) is 18.4. The van der Waals surface area contributed by atoms with Crippen molar-refractivity contribution in [1.29, 1.82) is 0 Å². The highest BCUT2D eigenvalue weighted by molar-refractivity contribution is 5.94. The summed E-state index contributed by atoms with van der Waals surface area (Å²) in [5.41, 5.74) is 2.74. The number of anilines is 1. The van der Waals surface area contributed by atoms with Gasteiger partial charge in [-0.25, -0.2) is 0 Å². The van der Waals surface area contributed by atoms with Gasteiger partial charge in [0.25, 0.3) is 5.91 Å². The molecule has 5 nitrogen and oxygen atoms in total. The molecule has 0 unspecified atom stereocenters. The number of ether oxygens (including phenoxy) is 1. The predicted molar refractivity (Wildman–Crippen MR) is 104 cm³/mol. The van der Waals surface area contributed by atoms with Crippen LogP contribution in [0.1, 0.15) is 35.7 Å². The second-order valence-corrected chi connectivity index (χ2v) is 6.97. The highest BCUT2D eigenvalue weighted by atomic mass is 16.5. The van der Waals surface area contributed by atoms with Crippen molar-refractivity contribution in [2.45, 2.75) is 26.2 Å². The molecule has 26 heavy (non-hydrogen) atoms. The Labute approximate surface area is 155 Å². The highest BCUT2D eigenvalue weighted by Crippen LogP contribution is 2.19. The topological polar surface area (TPSA) is 54.5 Å². The number of aromatic nitrogens is 1. The van der Waals surface area contributed by atoms with Gasteiger partial charge in [0.15, 0.2) is 0 Å². The number of nitrogens with one attached hydrogen (secondary N) is 1. The zero-order valence-electron chi connectivity index (χ0n) is 15.6. The average molecular weight is 353 g/mol. The quantitative estimate of drug-likeness (QED) is 0.862. The number of hydrogen-bond donors (Lipinski definition) is 1.